The van der Waals surface area contributed by atoms with Crippen molar-refractivity contribution in [2.45, 2.75) is 6.54 Å². The second-order valence-corrected chi connectivity index (χ2v) is 7.04. The fraction of sp³-hybridized carbons (Fsp3) is 0.364. The molecule has 0 atom stereocenters. The van der Waals surface area contributed by atoms with E-state index in [9.17, 15) is 9.59 Å². The lowest BCUT2D eigenvalue weighted by molar-refractivity contribution is -0.915. The summed E-state index contributed by atoms with van der Waals surface area (Å²) in [6, 6.07) is 9.46. The maximum atomic E-state index is 12.3. The molecule has 1 aromatic carbocycles. The topological polar surface area (TPSA) is 85.4 Å². The molecule has 1 saturated heterocycles. The standard InChI is InChI=1S/C22H27N3O5/c1-3-8-23-22(27)16-30-21-15-29-17(13-19(21)26)14-24-9-11-25(12-10-24)18-6-4-5-7-20(18)28-2/h3-7,13,15H,1,8-12,14,16H2,2H3,(H,23,27)/p+1. The third-order valence-corrected chi connectivity index (χ3v) is 4.98. The van der Waals surface area contributed by atoms with Gasteiger partial charge in [-0.15, -0.1) is 6.58 Å². The summed E-state index contributed by atoms with van der Waals surface area (Å²) in [6.45, 7) is 7.87. The molecule has 30 heavy (non-hydrogen) atoms. The van der Waals surface area contributed by atoms with Gasteiger partial charge in [-0.1, -0.05) is 18.2 Å². The van der Waals surface area contributed by atoms with Gasteiger partial charge in [-0.05, 0) is 12.1 Å². The number of piperazine rings is 1. The number of nitrogens with one attached hydrogen (secondary N) is 2. The number of hydrogen-bond acceptors (Lipinski definition) is 6. The van der Waals surface area contributed by atoms with E-state index in [0.29, 0.717) is 18.8 Å². The number of para-hydroxylation sites is 2. The molecule has 0 unspecified atom stereocenters. The Morgan fingerprint density at radius 1 is 1.30 bits per heavy atom. The van der Waals surface area contributed by atoms with Crippen molar-refractivity contribution < 1.29 is 23.6 Å². The number of methoxy groups -OCH3 is 1. The Bertz CT molecular complexity index is 919. The van der Waals surface area contributed by atoms with Gasteiger partial charge in [0.15, 0.2) is 12.4 Å². The normalized spacial score (nSPS) is 14.2. The van der Waals surface area contributed by atoms with Gasteiger partial charge in [0, 0.05) is 12.6 Å². The maximum absolute atomic E-state index is 12.3. The van der Waals surface area contributed by atoms with Crippen LogP contribution >= 0.6 is 0 Å². The summed E-state index contributed by atoms with van der Waals surface area (Å²) in [7, 11) is 1.68. The minimum atomic E-state index is -0.323. The highest BCUT2D eigenvalue weighted by molar-refractivity contribution is 5.77. The third-order valence-electron chi connectivity index (χ3n) is 4.98. The highest BCUT2D eigenvalue weighted by Gasteiger charge is 2.23. The van der Waals surface area contributed by atoms with Gasteiger partial charge in [0.05, 0.1) is 39.0 Å². The van der Waals surface area contributed by atoms with Gasteiger partial charge < -0.3 is 29.0 Å². The summed E-state index contributed by atoms with van der Waals surface area (Å²) in [5.74, 6) is 1.18. The first-order valence-corrected chi connectivity index (χ1v) is 9.94. The molecule has 3 rings (SSSR count). The van der Waals surface area contributed by atoms with E-state index < -0.39 is 0 Å². The van der Waals surface area contributed by atoms with Gasteiger partial charge in [0.25, 0.3) is 5.91 Å². The van der Waals surface area contributed by atoms with Crippen molar-refractivity contribution in [2.24, 2.45) is 0 Å². The lowest BCUT2D eigenvalue weighted by Gasteiger charge is -2.34. The minimum Gasteiger partial charge on any atom is -0.495 e. The fourth-order valence-electron chi connectivity index (χ4n) is 3.39. The van der Waals surface area contributed by atoms with E-state index in [1.807, 2.05) is 18.2 Å². The summed E-state index contributed by atoms with van der Waals surface area (Å²) >= 11 is 0. The van der Waals surface area contributed by atoms with E-state index in [1.54, 1.807) is 13.2 Å². The molecule has 1 aromatic heterocycles. The van der Waals surface area contributed by atoms with Gasteiger partial charge >= 0.3 is 0 Å². The Hall–Kier alpha value is -3.26. The monoisotopic (exact) mass is 414 g/mol. The molecule has 8 nitrogen and oxygen atoms in total. The number of hydrogen-bond donors (Lipinski definition) is 2. The van der Waals surface area contributed by atoms with Crippen LogP contribution in [-0.4, -0.2) is 52.3 Å². The number of amides is 1. The van der Waals surface area contributed by atoms with Crippen LogP contribution in [-0.2, 0) is 11.3 Å². The Morgan fingerprint density at radius 2 is 2.07 bits per heavy atom. The number of benzene rings is 1. The van der Waals surface area contributed by atoms with Crippen LogP contribution in [0.25, 0.3) is 0 Å². The molecule has 0 saturated carbocycles. The molecule has 1 amide bonds. The first-order chi connectivity index (χ1) is 14.6. The molecule has 2 N–H and O–H groups in total. The van der Waals surface area contributed by atoms with Gasteiger partial charge in [0.2, 0.25) is 11.2 Å². The molecule has 1 aliphatic rings. The van der Waals surface area contributed by atoms with Crippen molar-refractivity contribution in [2.75, 3.05) is 51.3 Å². The molecule has 0 aliphatic carbocycles. The van der Waals surface area contributed by atoms with Crippen molar-refractivity contribution >= 4 is 11.6 Å². The number of ether oxygens (including phenoxy) is 2. The zero-order valence-corrected chi connectivity index (χ0v) is 17.2. The maximum Gasteiger partial charge on any atom is 0.258 e. The second kappa shape index (κ2) is 10.5. The van der Waals surface area contributed by atoms with Crippen molar-refractivity contribution in [3.63, 3.8) is 0 Å². The predicted octanol–water partition coefficient (Wildman–Crippen LogP) is 0.235. The van der Waals surface area contributed by atoms with Gasteiger partial charge in [-0.3, -0.25) is 9.59 Å². The zero-order valence-electron chi connectivity index (χ0n) is 17.2. The molecular weight excluding hydrogens is 386 g/mol. The van der Waals surface area contributed by atoms with Crippen LogP contribution in [0.1, 0.15) is 5.76 Å². The molecule has 1 fully saturated rings. The quantitative estimate of drug-likeness (QED) is 0.572. The van der Waals surface area contributed by atoms with Crippen molar-refractivity contribution in [3.05, 3.63) is 65.2 Å². The SMILES string of the molecule is C=CCNC(=O)COc1coc(C[NH+]2CCN(c3ccccc3OC)CC2)cc1=O. The Morgan fingerprint density at radius 3 is 2.77 bits per heavy atom. The molecule has 160 valence electrons. The smallest absolute Gasteiger partial charge is 0.258 e. The van der Waals surface area contributed by atoms with Crippen molar-refractivity contribution in [1.82, 2.24) is 5.32 Å². The second-order valence-electron chi connectivity index (χ2n) is 7.04. The van der Waals surface area contributed by atoms with Crippen LogP contribution in [0.15, 0.2) is 58.5 Å². The van der Waals surface area contributed by atoms with E-state index in [1.165, 1.54) is 17.2 Å². The minimum absolute atomic E-state index is 0.0310. The van der Waals surface area contributed by atoms with Gasteiger partial charge in [0.1, 0.15) is 18.6 Å². The molecule has 0 bridgehead atoms. The fourth-order valence-corrected chi connectivity index (χ4v) is 3.39. The number of anilines is 1. The Kier molecular flexibility index (Phi) is 7.51. The summed E-state index contributed by atoms with van der Waals surface area (Å²) in [6.07, 6.45) is 2.85. The molecule has 2 heterocycles. The number of carbonyl (C=O) groups excluding carboxylic acids is 1. The van der Waals surface area contributed by atoms with Gasteiger partial charge in [-0.2, -0.15) is 0 Å². The third kappa shape index (κ3) is 5.64. The van der Waals surface area contributed by atoms with Crippen molar-refractivity contribution in [1.29, 1.82) is 0 Å². The first-order valence-electron chi connectivity index (χ1n) is 9.94. The molecule has 8 heteroatoms. The van der Waals surface area contributed by atoms with Crippen LogP contribution in [0.5, 0.6) is 11.5 Å². The number of rotatable bonds is 9. The Labute approximate surface area is 175 Å². The lowest BCUT2D eigenvalue weighted by Crippen LogP contribution is -3.13. The largest absolute Gasteiger partial charge is 0.495 e. The van der Waals surface area contributed by atoms with Crippen LogP contribution < -0.4 is 30.0 Å². The molecule has 0 spiro atoms. The molecule has 1 aliphatic heterocycles. The van der Waals surface area contributed by atoms with Crippen LogP contribution in [0.2, 0.25) is 0 Å². The summed E-state index contributed by atoms with van der Waals surface area (Å²) in [4.78, 5) is 27.5. The van der Waals surface area contributed by atoms with Crippen molar-refractivity contribution in [3.8, 4) is 11.5 Å². The van der Waals surface area contributed by atoms with E-state index in [0.717, 1.165) is 37.6 Å². The van der Waals surface area contributed by atoms with E-state index in [-0.39, 0.29) is 23.7 Å². The van der Waals surface area contributed by atoms with Crippen LogP contribution in [0.3, 0.4) is 0 Å². The first kappa shape index (κ1) is 21.4. The molecular formula is C22H28N3O5+. The zero-order chi connectivity index (χ0) is 21.3. The van der Waals surface area contributed by atoms with E-state index in [2.05, 4.69) is 22.9 Å². The summed E-state index contributed by atoms with van der Waals surface area (Å²) < 4.78 is 16.3. The van der Waals surface area contributed by atoms with E-state index in [4.69, 9.17) is 13.9 Å². The summed E-state index contributed by atoms with van der Waals surface area (Å²) in [5.41, 5.74) is 0.809. The van der Waals surface area contributed by atoms with E-state index >= 15 is 0 Å². The predicted molar refractivity (Wildman–Crippen MR) is 113 cm³/mol. The Balaban J connectivity index is 1.51. The average molecular weight is 414 g/mol. The molecule has 2 aromatic rings. The van der Waals surface area contributed by atoms with Crippen LogP contribution in [0, 0.1) is 0 Å². The number of nitrogens with zero attached hydrogens (tertiary/aromatic N) is 1. The highest BCUT2D eigenvalue weighted by Crippen LogP contribution is 2.27. The molecule has 0 radical (unpaired) electrons. The number of quaternary nitrogens is 1. The van der Waals surface area contributed by atoms with Gasteiger partial charge in [-0.25, -0.2) is 0 Å². The van der Waals surface area contributed by atoms with Crippen LogP contribution in [0.4, 0.5) is 5.69 Å². The summed E-state index contributed by atoms with van der Waals surface area (Å²) in [5, 5.41) is 2.58. The highest BCUT2D eigenvalue weighted by atomic mass is 16.5. The average Bonchev–Trinajstić information content (AvgIpc) is 2.77. The number of carbonyl (C=O) groups is 1. The lowest BCUT2D eigenvalue weighted by atomic mass is 10.2.